The van der Waals surface area contributed by atoms with E-state index in [-0.39, 0.29) is 19.4 Å². The van der Waals surface area contributed by atoms with E-state index in [0.29, 0.717) is 17.2 Å². The van der Waals surface area contributed by atoms with Crippen LogP contribution in [0.25, 0.3) is 16.7 Å². The van der Waals surface area contributed by atoms with Crippen LogP contribution in [0.5, 0.6) is 23.0 Å². The topological polar surface area (TPSA) is 70.9 Å². The van der Waals surface area contributed by atoms with Crippen molar-refractivity contribution in [3.8, 4) is 40.5 Å². The van der Waals surface area contributed by atoms with Gasteiger partial charge >= 0.3 is 0 Å². The Balaban J connectivity index is 1.27. The Morgan fingerprint density at radius 2 is 1.89 bits per heavy atom. The largest absolute Gasteiger partial charge is 0.492 e. The third-order valence-electron chi connectivity index (χ3n) is 6.55. The SMILES string of the molecule is COc1c2c(cc3c1[C@H](C#CCOc1ccc(C)cc1-n1nc4ccccc4n1)N(C)CC3)OCO2. The van der Waals surface area contributed by atoms with Gasteiger partial charge in [0.05, 0.1) is 7.11 Å². The molecule has 8 heteroatoms. The summed E-state index contributed by atoms with van der Waals surface area (Å²) in [4.78, 5) is 3.84. The molecule has 0 spiro atoms. The average Bonchev–Trinajstić information content (AvgIpc) is 3.54. The Hall–Kier alpha value is -4.22. The molecule has 0 amide bonds. The van der Waals surface area contributed by atoms with Crippen molar-refractivity contribution in [2.75, 3.05) is 34.1 Å². The number of benzene rings is 3. The van der Waals surface area contributed by atoms with Gasteiger partial charge in [-0.25, -0.2) is 0 Å². The van der Waals surface area contributed by atoms with Crippen molar-refractivity contribution in [3.05, 3.63) is 65.2 Å². The first-order valence-electron chi connectivity index (χ1n) is 11.9. The quantitative estimate of drug-likeness (QED) is 0.406. The minimum Gasteiger partial charge on any atom is -0.492 e. The molecule has 3 heterocycles. The molecule has 0 bridgehead atoms. The summed E-state index contributed by atoms with van der Waals surface area (Å²) in [6, 6.07) is 15.7. The number of fused-ring (bicyclic) bond motifs is 3. The summed E-state index contributed by atoms with van der Waals surface area (Å²) in [6.07, 6.45) is 0.894. The van der Waals surface area contributed by atoms with Gasteiger partial charge in [0.2, 0.25) is 12.5 Å². The molecule has 1 atom stereocenters. The van der Waals surface area contributed by atoms with Crippen LogP contribution in [0.2, 0.25) is 0 Å². The number of hydrogen-bond acceptors (Lipinski definition) is 7. The number of methoxy groups -OCH3 is 1. The Morgan fingerprint density at radius 3 is 2.67 bits per heavy atom. The van der Waals surface area contributed by atoms with Gasteiger partial charge in [-0.05, 0) is 61.9 Å². The Labute approximate surface area is 209 Å². The van der Waals surface area contributed by atoms with Gasteiger partial charge < -0.3 is 18.9 Å². The number of rotatable bonds is 4. The smallest absolute Gasteiger partial charge is 0.231 e. The van der Waals surface area contributed by atoms with Crippen molar-refractivity contribution in [3.63, 3.8) is 0 Å². The van der Waals surface area contributed by atoms with Crippen LogP contribution in [0.4, 0.5) is 0 Å². The fraction of sp³-hybridized carbons (Fsp3) is 0.286. The molecule has 3 aromatic carbocycles. The third kappa shape index (κ3) is 3.88. The average molecular weight is 483 g/mol. The standard InChI is InChI=1S/C28H26N4O4/c1-18-10-11-24(23(15-18)32-29-20-7-4-5-8-21(20)30-32)34-14-6-9-22-26-19(12-13-31(22)2)16-25-27(28(26)33-3)36-17-35-25/h4-5,7-8,10-11,15-16,22H,12-14,17H2,1-3H3/t22-/m0/s1. The molecule has 0 saturated carbocycles. The minimum absolute atomic E-state index is 0.141. The van der Waals surface area contributed by atoms with E-state index >= 15 is 0 Å². The van der Waals surface area contributed by atoms with Crippen LogP contribution in [-0.4, -0.2) is 54.0 Å². The second-order valence-electron chi connectivity index (χ2n) is 8.91. The molecular formula is C28H26N4O4. The Kier molecular flexibility index (Phi) is 5.62. The molecule has 0 N–H and O–H groups in total. The zero-order valence-corrected chi connectivity index (χ0v) is 20.4. The van der Waals surface area contributed by atoms with Crippen molar-refractivity contribution >= 4 is 11.0 Å². The van der Waals surface area contributed by atoms with Gasteiger partial charge in [-0.2, -0.15) is 0 Å². The van der Waals surface area contributed by atoms with Crippen LogP contribution in [0.1, 0.15) is 22.7 Å². The molecule has 2 aliphatic heterocycles. The predicted octanol–water partition coefficient (Wildman–Crippen LogP) is 4.08. The highest BCUT2D eigenvalue weighted by Gasteiger charge is 2.33. The summed E-state index contributed by atoms with van der Waals surface area (Å²) in [5, 5.41) is 9.23. The fourth-order valence-corrected chi connectivity index (χ4v) is 4.74. The maximum Gasteiger partial charge on any atom is 0.231 e. The highest BCUT2D eigenvalue weighted by Crippen LogP contribution is 2.49. The molecule has 0 aliphatic carbocycles. The first-order chi connectivity index (χ1) is 17.6. The molecule has 8 nitrogen and oxygen atoms in total. The lowest BCUT2D eigenvalue weighted by Crippen LogP contribution is -2.31. The van der Waals surface area contributed by atoms with Crippen LogP contribution < -0.4 is 18.9 Å². The second kappa shape index (κ2) is 9.10. The molecule has 0 fully saturated rings. The molecule has 0 radical (unpaired) electrons. The number of likely N-dealkylation sites (N-methyl/N-ethyl adjacent to an activating group) is 1. The number of hydrogen-bond donors (Lipinski definition) is 0. The number of aromatic nitrogens is 3. The Morgan fingerprint density at radius 1 is 1.08 bits per heavy atom. The summed E-state index contributed by atoms with van der Waals surface area (Å²) in [6.45, 7) is 3.35. The molecule has 2 aliphatic rings. The highest BCUT2D eigenvalue weighted by atomic mass is 16.7. The van der Waals surface area contributed by atoms with Crippen LogP contribution in [0.3, 0.4) is 0 Å². The van der Waals surface area contributed by atoms with E-state index in [1.165, 1.54) is 5.56 Å². The van der Waals surface area contributed by atoms with E-state index in [1.54, 1.807) is 11.9 Å². The van der Waals surface area contributed by atoms with E-state index in [1.807, 2.05) is 49.4 Å². The maximum atomic E-state index is 6.12. The zero-order chi connectivity index (χ0) is 24.6. The van der Waals surface area contributed by atoms with Gasteiger partial charge in [-0.3, -0.25) is 4.90 Å². The van der Waals surface area contributed by atoms with Crippen LogP contribution >= 0.6 is 0 Å². The molecule has 4 aromatic rings. The second-order valence-corrected chi connectivity index (χ2v) is 8.91. The summed E-state index contributed by atoms with van der Waals surface area (Å²) in [5.41, 5.74) is 5.74. The monoisotopic (exact) mass is 482 g/mol. The minimum atomic E-state index is -0.141. The predicted molar refractivity (Wildman–Crippen MR) is 135 cm³/mol. The molecule has 0 saturated heterocycles. The summed E-state index contributed by atoms with van der Waals surface area (Å²) in [7, 11) is 3.73. The van der Waals surface area contributed by atoms with Gasteiger partial charge in [-0.15, -0.1) is 15.0 Å². The lowest BCUT2D eigenvalue weighted by molar-refractivity contribution is 0.171. The number of ether oxygens (including phenoxy) is 4. The van der Waals surface area contributed by atoms with Crippen LogP contribution in [0, 0.1) is 18.8 Å². The van der Waals surface area contributed by atoms with Gasteiger partial charge in [0, 0.05) is 12.1 Å². The van der Waals surface area contributed by atoms with E-state index in [0.717, 1.165) is 46.6 Å². The van der Waals surface area contributed by atoms with E-state index in [9.17, 15) is 0 Å². The van der Waals surface area contributed by atoms with Crippen molar-refractivity contribution in [2.45, 2.75) is 19.4 Å². The van der Waals surface area contributed by atoms with Gasteiger partial charge in [0.25, 0.3) is 0 Å². The first kappa shape index (κ1) is 22.3. The van der Waals surface area contributed by atoms with Gasteiger partial charge in [0.15, 0.2) is 11.5 Å². The molecule has 0 unspecified atom stereocenters. The third-order valence-corrected chi connectivity index (χ3v) is 6.55. The summed E-state index contributed by atoms with van der Waals surface area (Å²) < 4.78 is 23.2. The highest BCUT2D eigenvalue weighted by molar-refractivity contribution is 5.73. The van der Waals surface area contributed by atoms with Crippen molar-refractivity contribution in [2.24, 2.45) is 0 Å². The van der Waals surface area contributed by atoms with Crippen LogP contribution in [-0.2, 0) is 6.42 Å². The lowest BCUT2D eigenvalue weighted by atomic mass is 9.91. The number of aryl methyl sites for hydroxylation is 1. The first-order valence-corrected chi connectivity index (χ1v) is 11.9. The summed E-state index contributed by atoms with van der Waals surface area (Å²) in [5.74, 6) is 9.37. The van der Waals surface area contributed by atoms with Crippen molar-refractivity contribution in [1.82, 2.24) is 19.9 Å². The summed E-state index contributed by atoms with van der Waals surface area (Å²) >= 11 is 0. The van der Waals surface area contributed by atoms with Crippen LogP contribution in [0.15, 0.2) is 48.5 Å². The maximum absolute atomic E-state index is 6.12. The normalized spacial score (nSPS) is 16.4. The van der Waals surface area contributed by atoms with Crippen molar-refractivity contribution < 1.29 is 18.9 Å². The molecule has 36 heavy (non-hydrogen) atoms. The lowest BCUT2D eigenvalue weighted by Gasteiger charge is -2.32. The molecular weight excluding hydrogens is 456 g/mol. The van der Waals surface area contributed by atoms with E-state index in [2.05, 4.69) is 40.1 Å². The molecule has 1 aromatic heterocycles. The number of nitrogens with zero attached hydrogens (tertiary/aromatic N) is 4. The Bertz CT molecular complexity index is 1480. The fourth-order valence-electron chi connectivity index (χ4n) is 4.74. The van der Waals surface area contributed by atoms with E-state index < -0.39 is 0 Å². The zero-order valence-electron chi connectivity index (χ0n) is 20.4. The molecule has 6 rings (SSSR count). The van der Waals surface area contributed by atoms with E-state index in [4.69, 9.17) is 18.9 Å². The van der Waals surface area contributed by atoms with Gasteiger partial charge in [0.1, 0.15) is 35.1 Å². The molecule has 182 valence electrons. The van der Waals surface area contributed by atoms with Crippen molar-refractivity contribution in [1.29, 1.82) is 0 Å². The van der Waals surface area contributed by atoms with Gasteiger partial charge in [-0.1, -0.05) is 30.0 Å².